The number of hydrogen-bond acceptors (Lipinski definition) is 7. The van der Waals surface area contributed by atoms with Crippen LogP contribution in [-0.2, 0) is 26.6 Å². The van der Waals surface area contributed by atoms with Gasteiger partial charge in [0.15, 0.2) is 0 Å². The van der Waals surface area contributed by atoms with Crippen LogP contribution in [0, 0.1) is 11.8 Å². The van der Waals surface area contributed by atoms with Crippen LogP contribution in [0.15, 0.2) is 50.6 Å². The van der Waals surface area contributed by atoms with E-state index in [-0.39, 0.29) is 6.10 Å². The van der Waals surface area contributed by atoms with Gasteiger partial charge in [-0.25, -0.2) is 0 Å². The van der Waals surface area contributed by atoms with Gasteiger partial charge in [-0.1, -0.05) is 51.0 Å². The molecule has 1 N–H and O–H groups in total. The highest BCUT2D eigenvalue weighted by Gasteiger charge is 2.41. The summed E-state index contributed by atoms with van der Waals surface area (Å²) in [5.41, 5.74) is 0. The van der Waals surface area contributed by atoms with Crippen molar-refractivity contribution in [3.05, 3.63) is 50.6 Å². The van der Waals surface area contributed by atoms with E-state index in [1.807, 2.05) is 53.7 Å². The summed E-state index contributed by atoms with van der Waals surface area (Å²) in [5, 5.41) is 8.91. The van der Waals surface area contributed by atoms with E-state index in [4.69, 9.17) is 31.7 Å². The van der Waals surface area contributed by atoms with Crippen LogP contribution < -0.4 is 0 Å². The standard InChI is InChI=1S/C20H46O6Si2.C8H14.C7H12O/c1-8-21-27(22-9-2,23-10-3)18-14-16-20(7)17-15-19-28(24-11-4,25-12-5)26-13-6;1-4-6-8(3)7-5-2;1-3-5-7(8)6-4-2/h20H,8-19H2,1-7H3;4-5,8H,1-2,6-7H2,3H3;3-4,7-8H,1-2,5-6H2. The quantitative estimate of drug-likeness (QED) is 0.0662. The summed E-state index contributed by atoms with van der Waals surface area (Å²) in [6.45, 7) is 34.7. The second-order valence-corrected chi connectivity index (χ2v) is 16.2. The largest absolute Gasteiger partial charge is 0.500 e. The minimum absolute atomic E-state index is 0.273. The lowest BCUT2D eigenvalue weighted by atomic mass is 10.0. The summed E-state index contributed by atoms with van der Waals surface area (Å²) in [6.07, 6.45) is 15.0. The molecule has 0 rings (SSSR count). The first-order chi connectivity index (χ1) is 21.1. The van der Waals surface area contributed by atoms with E-state index in [1.165, 1.54) is 0 Å². The third-order valence-electron chi connectivity index (χ3n) is 6.56. The molecule has 0 aliphatic rings. The molecular formula is C35H72O7Si2. The molecular weight excluding hydrogens is 589 g/mol. The summed E-state index contributed by atoms with van der Waals surface area (Å²) in [5.74, 6) is 1.36. The molecule has 0 aliphatic carbocycles. The minimum Gasteiger partial charge on any atom is -0.392 e. The Morgan fingerprint density at radius 2 is 0.773 bits per heavy atom. The molecule has 0 heterocycles. The van der Waals surface area contributed by atoms with Crippen molar-refractivity contribution in [2.24, 2.45) is 11.8 Å². The smallest absolute Gasteiger partial charge is 0.392 e. The Labute approximate surface area is 275 Å². The first-order valence-corrected chi connectivity index (χ1v) is 20.9. The van der Waals surface area contributed by atoms with Crippen LogP contribution in [0.3, 0.4) is 0 Å². The summed E-state index contributed by atoms with van der Waals surface area (Å²) in [6, 6.07) is 1.78. The van der Waals surface area contributed by atoms with Crippen LogP contribution in [0.4, 0.5) is 0 Å². The maximum atomic E-state index is 8.91. The van der Waals surface area contributed by atoms with Crippen molar-refractivity contribution in [2.75, 3.05) is 39.6 Å². The molecule has 0 radical (unpaired) electrons. The molecule has 0 saturated carbocycles. The van der Waals surface area contributed by atoms with Gasteiger partial charge in [0.25, 0.3) is 0 Å². The van der Waals surface area contributed by atoms with Gasteiger partial charge in [-0.2, -0.15) is 0 Å². The molecule has 0 amide bonds. The van der Waals surface area contributed by atoms with E-state index in [2.05, 4.69) is 40.2 Å². The number of aliphatic hydroxyl groups is 1. The third kappa shape index (κ3) is 27.4. The van der Waals surface area contributed by atoms with Gasteiger partial charge in [0.1, 0.15) is 0 Å². The zero-order chi connectivity index (χ0) is 34.1. The third-order valence-corrected chi connectivity index (χ3v) is 12.9. The van der Waals surface area contributed by atoms with Crippen LogP contribution in [-0.4, -0.2) is 68.5 Å². The molecule has 7 nitrogen and oxygen atoms in total. The summed E-state index contributed by atoms with van der Waals surface area (Å²) in [4.78, 5) is 0. The maximum absolute atomic E-state index is 8.91. The minimum atomic E-state index is -2.51. The molecule has 9 heteroatoms. The Balaban J connectivity index is -0.000000851. The van der Waals surface area contributed by atoms with Crippen molar-refractivity contribution < 1.29 is 31.7 Å². The number of rotatable bonds is 28. The Kier molecular flexibility index (Phi) is 36.2. The lowest BCUT2D eigenvalue weighted by Crippen LogP contribution is -2.46. The average Bonchev–Trinajstić information content (AvgIpc) is 2.95. The van der Waals surface area contributed by atoms with E-state index < -0.39 is 17.6 Å². The zero-order valence-electron chi connectivity index (χ0n) is 30.1. The fraction of sp³-hybridized carbons (Fsp3) is 0.771. The summed E-state index contributed by atoms with van der Waals surface area (Å²) < 4.78 is 35.7. The van der Waals surface area contributed by atoms with Crippen LogP contribution in [0.2, 0.25) is 12.1 Å². The molecule has 0 aliphatic heterocycles. The molecule has 0 saturated heterocycles. The van der Waals surface area contributed by atoms with Gasteiger partial charge < -0.3 is 31.7 Å². The van der Waals surface area contributed by atoms with E-state index in [0.29, 0.717) is 58.4 Å². The molecule has 0 fully saturated rings. The van der Waals surface area contributed by atoms with Crippen molar-refractivity contribution in [2.45, 2.75) is 125 Å². The molecule has 0 unspecified atom stereocenters. The van der Waals surface area contributed by atoms with Crippen molar-refractivity contribution in [3.8, 4) is 0 Å². The Morgan fingerprint density at radius 3 is 1.00 bits per heavy atom. The maximum Gasteiger partial charge on any atom is 0.500 e. The first kappa shape index (κ1) is 47.5. The predicted octanol–water partition coefficient (Wildman–Crippen LogP) is 9.55. The fourth-order valence-electron chi connectivity index (χ4n) is 4.63. The molecule has 0 spiro atoms. The predicted molar refractivity (Wildman–Crippen MR) is 193 cm³/mol. The van der Waals surface area contributed by atoms with Gasteiger partial charge in [0.05, 0.1) is 6.10 Å². The van der Waals surface area contributed by atoms with Crippen LogP contribution in [0.25, 0.3) is 0 Å². The van der Waals surface area contributed by atoms with Crippen molar-refractivity contribution >= 4 is 17.6 Å². The molecule has 0 aromatic heterocycles. The molecule has 0 atom stereocenters. The molecule has 262 valence electrons. The SMILES string of the molecule is C=CCC(C)CC=C.C=CCC(O)CC=C.CCO[Si](CCCC(C)CCC[Si](OCC)(OCC)OCC)(OCC)OCC. The van der Waals surface area contributed by atoms with E-state index in [0.717, 1.165) is 56.5 Å². The Hall–Kier alpha value is -0.886. The van der Waals surface area contributed by atoms with Crippen LogP contribution in [0.1, 0.15) is 107 Å². The van der Waals surface area contributed by atoms with Gasteiger partial charge in [0.2, 0.25) is 0 Å². The first-order valence-electron chi connectivity index (χ1n) is 17.0. The van der Waals surface area contributed by atoms with Crippen molar-refractivity contribution in [1.29, 1.82) is 0 Å². The molecule has 0 aromatic carbocycles. The van der Waals surface area contributed by atoms with E-state index in [1.54, 1.807) is 12.2 Å². The number of allylic oxidation sites excluding steroid dienone is 2. The Morgan fingerprint density at radius 1 is 0.500 bits per heavy atom. The van der Waals surface area contributed by atoms with Gasteiger partial charge in [-0.3, -0.25) is 0 Å². The highest BCUT2D eigenvalue weighted by molar-refractivity contribution is 6.61. The number of aliphatic hydroxyl groups excluding tert-OH is 1. The topological polar surface area (TPSA) is 75.6 Å². The second-order valence-electron chi connectivity index (χ2n) is 10.7. The highest BCUT2D eigenvalue weighted by Crippen LogP contribution is 2.25. The van der Waals surface area contributed by atoms with E-state index in [9.17, 15) is 0 Å². The lowest BCUT2D eigenvalue weighted by Gasteiger charge is -2.29. The number of hydrogen-bond donors (Lipinski definition) is 1. The molecule has 0 bridgehead atoms. The van der Waals surface area contributed by atoms with Gasteiger partial charge in [-0.15, -0.1) is 26.3 Å². The lowest BCUT2D eigenvalue weighted by molar-refractivity contribution is 0.0703. The average molecular weight is 661 g/mol. The normalized spacial score (nSPS) is 11.5. The van der Waals surface area contributed by atoms with Gasteiger partial charge in [-0.05, 0) is 91.9 Å². The summed E-state index contributed by atoms with van der Waals surface area (Å²) >= 11 is 0. The monoisotopic (exact) mass is 660 g/mol. The Bertz CT molecular complexity index is 555. The van der Waals surface area contributed by atoms with Gasteiger partial charge in [0, 0.05) is 51.7 Å². The molecule has 0 aromatic rings. The van der Waals surface area contributed by atoms with E-state index >= 15 is 0 Å². The van der Waals surface area contributed by atoms with Crippen LogP contribution in [0.5, 0.6) is 0 Å². The summed E-state index contributed by atoms with van der Waals surface area (Å²) in [7, 11) is -5.02. The highest BCUT2D eigenvalue weighted by atomic mass is 28.4. The fourth-order valence-corrected chi connectivity index (χ4v) is 9.91. The van der Waals surface area contributed by atoms with Crippen molar-refractivity contribution in [3.63, 3.8) is 0 Å². The van der Waals surface area contributed by atoms with Gasteiger partial charge >= 0.3 is 17.6 Å². The van der Waals surface area contributed by atoms with Crippen LogP contribution >= 0.6 is 0 Å². The second kappa shape index (κ2) is 33.5. The van der Waals surface area contributed by atoms with Crippen molar-refractivity contribution in [1.82, 2.24) is 0 Å². The zero-order valence-corrected chi connectivity index (χ0v) is 32.1. The molecule has 44 heavy (non-hydrogen) atoms.